The van der Waals surface area contributed by atoms with Crippen LogP contribution >= 0.6 is 0 Å². The van der Waals surface area contributed by atoms with Gasteiger partial charge in [0.2, 0.25) is 0 Å². The van der Waals surface area contributed by atoms with Crippen LogP contribution in [0.1, 0.15) is 22.8 Å². The number of carbonyl (C=O) groups excluding carboxylic acids is 1. The first kappa shape index (κ1) is 13.9. The van der Waals surface area contributed by atoms with Crippen molar-refractivity contribution in [2.24, 2.45) is 5.73 Å². The van der Waals surface area contributed by atoms with Crippen molar-refractivity contribution in [2.75, 3.05) is 17.2 Å². The van der Waals surface area contributed by atoms with Crippen molar-refractivity contribution in [1.29, 1.82) is 0 Å². The third-order valence-corrected chi connectivity index (χ3v) is 3.25. The van der Waals surface area contributed by atoms with E-state index < -0.39 is 5.91 Å². The number of nitrogens with two attached hydrogens (primary N) is 2. The highest BCUT2D eigenvalue weighted by molar-refractivity contribution is 5.98. The second kappa shape index (κ2) is 6.10. The summed E-state index contributed by atoms with van der Waals surface area (Å²) in [7, 11) is 0. The fourth-order valence-corrected chi connectivity index (χ4v) is 2.17. The number of anilines is 2. The number of primary amides is 1. The number of nitrogen functional groups attached to an aromatic ring is 1. The molecule has 0 unspecified atom stereocenters. The Morgan fingerprint density at radius 2 is 1.75 bits per heavy atom. The fraction of sp³-hybridized carbons (Fsp3) is 0.188. The molecule has 0 aliphatic heterocycles. The van der Waals surface area contributed by atoms with Crippen molar-refractivity contribution in [3.8, 4) is 0 Å². The summed E-state index contributed by atoms with van der Waals surface area (Å²) in [5, 5.41) is 0. The second-order valence-corrected chi connectivity index (χ2v) is 4.64. The standard InChI is InChI=1S/C16H19N3O/c1-2-19(11-12-7-9-13(17)10-8-12)15-6-4-3-5-14(15)16(18)20/h3-10H,2,11,17H2,1H3,(H2,18,20). The molecule has 0 saturated heterocycles. The van der Waals surface area contributed by atoms with E-state index in [2.05, 4.69) is 11.8 Å². The summed E-state index contributed by atoms with van der Waals surface area (Å²) in [5.74, 6) is -0.406. The maximum Gasteiger partial charge on any atom is 0.250 e. The van der Waals surface area contributed by atoms with Crippen molar-refractivity contribution >= 4 is 17.3 Å². The van der Waals surface area contributed by atoms with Gasteiger partial charge in [-0.05, 0) is 36.8 Å². The summed E-state index contributed by atoms with van der Waals surface area (Å²) < 4.78 is 0. The molecule has 4 heteroatoms. The molecule has 0 radical (unpaired) electrons. The first-order valence-corrected chi connectivity index (χ1v) is 6.60. The molecule has 2 aromatic rings. The number of amides is 1. The van der Waals surface area contributed by atoms with Crippen LogP contribution in [0.5, 0.6) is 0 Å². The van der Waals surface area contributed by atoms with Crippen LogP contribution in [-0.2, 0) is 6.54 Å². The lowest BCUT2D eigenvalue weighted by Gasteiger charge is -2.25. The van der Waals surface area contributed by atoms with Gasteiger partial charge in [0, 0.05) is 24.5 Å². The van der Waals surface area contributed by atoms with Crippen molar-refractivity contribution < 1.29 is 4.79 Å². The lowest BCUT2D eigenvalue weighted by atomic mass is 10.1. The van der Waals surface area contributed by atoms with E-state index >= 15 is 0 Å². The van der Waals surface area contributed by atoms with Gasteiger partial charge in [0.25, 0.3) is 5.91 Å². The van der Waals surface area contributed by atoms with Crippen molar-refractivity contribution in [1.82, 2.24) is 0 Å². The van der Waals surface area contributed by atoms with Gasteiger partial charge in [-0.1, -0.05) is 24.3 Å². The van der Waals surface area contributed by atoms with E-state index in [1.165, 1.54) is 0 Å². The van der Waals surface area contributed by atoms with Crippen LogP contribution in [0, 0.1) is 0 Å². The van der Waals surface area contributed by atoms with E-state index in [0.717, 1.165) is 23.5 Å². The van der Waals surface area contributed by atoms with Gasteiger partial charge in [0.15, 0.2) is 0 Å². The monoisotopic (exact) mass is 269 g/mol. The molecule has 2 aromatic carbocycles. The summed E-state index contributed by atoms with van der Waals surface area (Å²) in [4.78, 5) is 13.6. The molecular formula is C16H19N3O. The first-order chi connectivity index (χ1) is 9.61. The van der Waals surface area contributed by atoms with Crippen LogP contribution in [0.15, 0.2) is 48.5 Å². The minimum Gasteiger partial charge on any atom is -0.399 e. The van der Waals surface area contributed by atoms with E-state index in [4.69, 9.17) is 11.5 Å². The van der Waals surface area contributed by atoms with E-state index in [-0.39, 0.29) is 0 Å². The van der Waals surface area contributed by atoms with Crippen LogP contribution in [0.25, 0.3) is 0 Å². The molecule has 4 nitrogen and oxygen atoms in total. The van der Waals surface area contributed by atoms with Gasteiger partial charge in [-0.2, -0.15) is 0 Å². The summed E-state index contributed by atoms with van der Waals surface area (Å²) in [5.41, 5.74) is 14.4. The number of carbonyl (C=O) groups is 1. The highest BCUT2D eigenvalue weighted by Gasteiger charge is 2.13. The maximum absolute atomic E-state index is 11.5. The molecule has 0 aromatic heterocycles. The highest BCUT2D eigenvalue weighted by atomic mass is 16.1. The molecule has 4 N–H and O–H groups in total. The molecule has 0 atom stereocenters. The molecule has 0 spiro atoms. The van der Waals surface area contributed by atoms with Crippen LogP contribution in [0.3, 0.4) is 0 Å². The van der Waals surface area contributed by atoms with Gasteiger partial charge in [0.1, 0.15) is 0 Å². The number of rotatable bonds is 5. The van der Waals surface area contributed by atoms with E-state index in [9.17, 15) is 4.79 Å². The number of hydrogen-bond donors (Lipinski definition) is 2. The van der Waals surface area contributed by atoms with Gasteiger partial charge in [-0.25, -0.2) is 0 Å². The van der Waals surface area contributed by atoms with E-state index in [1.54, 1.807) is 6.07 Å². The zero-order chi connectivity index (χ0) is 14.5. The van der Waals surface area contributed by atoms with Gasteiger partial charge >= 0.3 is 0 Å². The summed E-state index contributed by atoms with van der Waals surface area (Å²) in [6, 6.07) is 15.1. The van der Waals surface area contributed by atoms with Crippen LogP contribution < -0.4 is 16.4 Å². The quantitative estimate of drug-likeness (QED) is 0.819. The van der Waals surface area contributed by atoms with Crippen LogP contribution in [-0.4, -0.2) is 12.5 Å². The zero-order valence-corrected chi connectivity index (χ0v) is 11.5. The highest BCUT2D eigenvalue weighted by Crippen LogP contribution is 2.22. The Labute approximate surface area is 119 Å². The second-order valence-electron chi connectivity index (χ2n) is 4.64. The zero-order valence-electron chi connectivity index (χ0n) is 11.5. The Morgan fingerprint density at radius 3 is 2.35 bits per heavy atom. The smallest absolute Gasteiger partial charge is 0.250 e. The predicted molar refractivity (Wildman–Crippen MR) is 82.5 cm³/mol. The SMILES string of the molecule is CCN(Cc1ccc(N)cc1)c1ccccc1C(N)=O. The maximum atomic E-state index is 11.5. The Kier molecular flexibility index (Phi) is 4.25. The molecule has 104 valence electrons. The Balaban J connectivity index is 2.28. The first-order valence-electron chi connectivity index (χ1n) is 6.60. The minimum atomic E-state index is -0.406. The number of nitrogens with zero attached hydrogens (tertiary/aromatic N) is 1. The molecule has 0 aliphatic carbocycles. The van der Waals surface area contributed by atoms with Gasteiger partial charge in [0.05, 0.1) is 5.56 Å². The molecule has 0 heterocycles. The topological polar surface area (TPSA) is 72.3 Å². The summed E-state index contributed by atoms with van der Waals surface area (Å²) in [6.07, 6.45) is 0. The lowest BCUT2D eigenvalue weighted by Crippen LogP contribution is -2.25. The van der Waals surface area contributed by atoms with Crippen molar-refractivity contribution in [3.05, 3.63) is 59.7 Å². The molecule has 2 rings (SSSR count). The predicted octanol–water partition coefficient (Wildman–Crippen LogP) is 2.39. The number of benzene rings is 2. The van der Waals surface area contributed by atoms with Gasteiger partial charge in [-0.3, -0.25) is 4.79 Å². The Morgan fingerprint density at radius 1 is 1.10 bits per heavy atom. The Hall–Kier alpha value is -2.49. The minimum absolute atomic E-state index is 0.406. The molecule has 20 heavy (non-hydrogen) atoms. The van der Waals surface area contributed by atoms with Crippen molar-refractivity contribution in [2.45, 2.75) is 13.5 Å². The molecule has 0 saturated carbocycles. The number of hydrogen-bond acceptors (Lipinski definition) is 3. The normalized spacial score (nSPS) is 10.2. The summed E-state index contributed by atoms with van der Waals surface area (Å²) >= 11 is 0. The molecule has 0 aliphatic rings. The average Bonchev–Trinajstić information content (AvgIpc) is 2.46. The lowest BCUT2D eigenvalue weighted by molar-refractivity contribution is 0.100. The Bertz CT molecular complexity index is 593. The molecular weight excluding hydrogens is 250 g/mol. The van der Waals surface area contributed by atoms with Gasteiger partial charge in [-0.15, -0.1) is 0 Å². The number of para-hydroxylation sites is 1. The van der Waals surface area contributed by atoms with E-state index in [0.29, 0.717) is 12.1 Å². The third kappa shape index (κ3) is 3.09. The molecule has 0 fully saturated rings. The fourth-order valence-electron chi connectivity index (χ4n) is 2.17. The summed E-state index contributed by atoms with van der Waals surface area (Å²) in [6.45, 7) is 3.55. The molecule has 1 amide bonds. The van der Waals surface area contributed by atoms with Crippen LogP contribution in [0.2, 0.25) is 0 Å². The third-order valence-electron chi connectivity index (χ3n) is 3.25. The average molecular weight is 269 g/mol. The van der Waals surface area contributed by atoms with Crippen LogP contribution in [0.4, 0.5) is 11.4 Å². The van der Waals surface area contributed by atoms with Crippen molar-refractivity contribution in [3.63, 3.8) is 0 Å². The van der Waals surface area contributed by atoms with E-state index in [1.807, 2.05) is 42.5 Å². The largest absolute Gasteiger partial charge is 0.399 e. The molecule has 0 bridgehead atoms. The van der Waals surface area contributed by atoms with Gasteiger partial charge < -0.3 is 16.4 Å².